The number of methoxy groups -OCH3 is 2. The Morgan fingerprint density at radius 1 is 0.638 bits per heavy atom. The van der Waals surface area contributed by atoms with Gasteiger partial charge < -0.3 is 19.7 Å². The number of carboxylic acid groups (broad SMARTS) is 2. The van der Waals surface area contributed by atoms with Gasteiger partial charge in [-0.1, -0.05) is 70.8 Å². The molecular weight excluding hydrogens is 607 g/mol. The first-order chi connectivity index (χ1) is 22.0. The molecule has 6 nitrogen and oxygen atoms in total. The Bertz CT molecular complexity index is 1730. The average molecular weight is 655 g/mol. The zero-order chi connectivity index (χ0) is 34.8. The fourth-order valence-corrected chi connectivity index (χ4v) is 9.25. The van der Waals surface area contributed by atoms with Gasteiger partial charge in [0.25, 0.3) is 0 Å². The van der Waals surface area contributed by atoms with E-state index in [4.69, 9.17) is 9.47 Å². The molecule has 0 aliphatic rings. The minimum atomic E-state index is -1.26. The molecule has 248 valence electrons. The lowest BCUT2D eigenvalue weighted by Crippen LogP contribution is -2.32. The van der Waals surface area contributed by atoms with Crippen molar-refractivity contribution in [2.24, 2.45) is 10.8 Å². The number of benzene rings is 4. The van der Waals surface area contributed by atoms with Crippen LogP contribution in [0.1, 0.15) is 61.1 Å². The monoisotopic (exact) mass is 654 g/mol. The van der Waals surface area contributed by atoms with Gasteiger partial charge in [-0.2, -0.15) is 0 Å². The van der Waals surface area contributed by atoms with Gasteiger partial charge in [0.05, 0.1) is 25.0 Å². The summed E-state index contributed by atoms with van der Waals surface area (Å²) in [5, 5.41) is 23.5. The van der Waals surface area contributed by atoms with Crippen LogP contribution in [0.5, 0.6) is 11.5 Å². The van der Waals surface area contributed by atoms with Gasteiger partial charge in [0.1, 0.15) is 11.5 Å². The molecule has 0 unspecified atom stereocenters. The van der Waals surface area contributed by atoms with E-state index in [1.165, 1.54) is 0 Å². The first-order valence-electron chi connectivity index (χ1n) is 15.8. The largest absolute Gasteiger partial charge is 0.496 e. The Morgan fingerprint density at radius 3 is 1.53 bits per heavy atom. The summed E-state index contributed by atoms with van der Waals surface area (Å²) in [6.45, 7) is 15.4. The van der Waals surface area contributed by atoms with E-state index in [9.17, 15) is 19.8 Å². The van der Waals surface area contributed by atoms with Crippen molar-refractivity contribution in [2.45, 2.75) is 68.2 Å². The molecule has 4 aromatic carbocycles. The molecule has 0 heterocycles. The predicted octanol–water partition coefficient (Wildman–Crippen LogP) is 7.67. The highest BCUT2D eigenvalue weighted by Crippen LogP contribution is 2.46. The number of carboxylic acids is 2. The summed E-state index contributed by atoms with van der Waals surface area (Å²) >= 11 is 0. The molecule has 0 radical (unpaired) electrons. The summed E-state index contributed by atoms with van der Waals surface area (Å²) in [5.41, 5.74) is 5.88. The van der Waals surface area contributed by atoms with Gasteiger partial charge in [0.15, 0.2) is 0 Å². The van der Waals surface area contributed by atoms with Crippen LogP contribution in [0.4, 0.5) is 0 Å². The Balaban J connectivity index is 2.22. The van der Waals surface area contributed by atoms with Crippen LogP contribution in [0.2, 0.25) is 0 Å². The predicted molar refractivity (Wildman–Crippen MR) is 193 cm³/mol. The molecule has 4 aromatic rings. The third kappa shape index (κ3) is 7.88. The van der Waals surface area contributed by atoms with Crippen LogP contribution in [-0.4, -0.2) is 36.4 Å². The minimum absolute atomic E-state index is 0.289. The Labute approximate surface area is 280 Å². The number of aliphatic carboxylic acids is 2. The van der Waals surface area contributed by atoms with Gasteiger partial charge in [-0.05, 0) is 121 Å². The van der Waals surface area contributed by atoms with E-state index in [0.717, 1.165) is 60.4 Å². The van der Waals surface area contributed by atoms with Crippen LogP contribution in [0.15, 0.2) is 66.7 Å². The summed E-state index contributed by atoms with van der Waals surface area (Å²) in [5.74, 6) is -0.504. The number of aryl methyl sites for hydroxylation is 4. The van der Waals surface area contributed by atoms with Crippen LogP contribution in [0, 0.1) is 38.5 Å². The highest BCUT2D eigenvalue weighted by Gasteiger charge is 2.34. The normalized spacial score (nSPS) is 11.9. The second kappa shape index (κ2) is 13.9. The fourth-order valence-electron chi connectivity index (χ4n) is 6.21. The minimum Gasteiger partial charge on any atom is -0.496 e. The van der Waals surface area contributed by atoms with Gasteiger partial charge >= 0.3 is 11.9 Å². The Kier molecular flexibility index (Phi) is 10.6. The van der Waals surface area contributed by atoms with Crippen molar-refractivity contribution >= 4 is 35.8 Å². The standard InChI is InChI=1S/C40H47O6P/c1-24-15-25(2)18-30(17-24)47(31-19-26(3)16-27(4)20-31)36-29(23-40(7,8)38(43)44)12-14-34(46-10)35(36)32-21-28(11-13-33(32)45-9)22-39(5,6)37(41)42/h11-21H,22-23H2,1-10H3,(H,41,42)(H,43,44). The number of rotatable bonds is 12. The molecule has 0 aliphatic heterocycles. The molecule has 0 aliphatic carbocycles. The van der Waals surface area contributed by atoms with Crippen molar-refractivity contribution in [2.75, 3.05) is 14.2 Å². The topological polar surface area (TPSA) is 93.1 Å². The molecule has 0 bridgehead atoms. The van der Waals surface area contributed by atoms with Gasteiger partial charge in [-0.25, -0.2) is 0 Å². The zero-order valence-electron chi connectivity index (χ0n) is 29.2. The summed E-state index contributed by atoms with van der Waals surface area (Å²) < 4.78 is 12.1. The summed E-state index contributed by atoms with van der Waals surface area (Å²) in [7, 11) is 2.01. The average Bonchev–Trinajstić information content (AvgIpc) is 2.96. The van der Waals surface area contributed by atoms with E-state index >= 15 is 0 Å². The quantitative estimate of drug-likeness (QED) is 0.152. The maximum Gasteiger partial charge on any atom is 0.309 e. The van der Waals surface area contributed by atoms with Gasteiger partial charge in [-0.15, -0.1) is 0 Å². The summed E-state index contributed by atoms with van der Waals surface area (Å²) in [4.78, 5) is 24.7. The summed E-state index contributed by atoms with van der Waals surface area (Å²) in [6, 6.07) is 23.0. The van der Waals surface area contributed by atoms with E-state index in [0.29, 0.717) is 17.9 Å². The number of hydrogen-bond donors (Lipinski definition) is 2. The van der Waals surface area contributed by atoms with E-state index in [1.54, 1.807) is 41.9 Å². The lowest BCUT2D eigenvalue weighted by molar-refractivity contribution is -0.147. The van der Waals surface area contributed by atoms with Crippen LogP contribution in [0.3, 0.4) is 0 Å². The van der Waals surface area contributed by atoms with Crippen molar-refractivity contribution in [1.82, 2.24) is 0 Å². The molecule has 2 N–H and O–H groups in total. The van der Waals surface area contributed by atoms with Crippen LogP contribution < -0.4 is 25.4 Å². The van der Waals surface area contributed by atoms with Crippen molar-refractivity contribution in [3.63, 3.8) is 0 Å². The lowest BCUT2D eigenvalue weighted by atomic mass is 9.83. The second-order valence-corrected chi connectivity index (χ2v) is 16.1. The molecular formula is C40H47O6P. The Morgan fingerprint density at radius 2 is 1.09 bits per heavy atom. The van der Waals surface area contributed by atoms with Gasteiger partial charge in [-0.3, -0.25) is 9.59 Å². The molecule has 0 spiro atoms. The maximum atomic E-state index is 12.5. The summed E-state index contributed by atoms with van der Waals surface area (Å²) in [6.07, 6.45) is 0.600. The third-order valence-corrected chi connectivity index (χ3v) is 11.1. The van der Waals surface area contributed by atoms with Crippen molar-refractivity contribution in [3.05, 3.63) is 100 Å². The molecule has 0 fully saturated rings. The van der Waals surface area contributed by atoms with Crippen LogP contribution >= 0.6 is 7.92 Å². The lowest BCUT2D eigenvalue weighted by Gasteiger charge is -2.30. The molecule has 0 aromatic heterocycles. The van der Waals surface area contributed by atoms with Gasteiger partial charge in [0.2, 0.25) is 0 Å². The van der Waals surface area contributed by atoms with Crippen molar-refractivity contribution < 1.29 is 29.3 Å². The van der Waals surface area contributed by atoms with Crippen LogP contribution in [-0.2, 0) is 22.4 Å². The molecule has 0 saturated carbocycles. The van der Waals surface area contributed by atoms with Gasteiger partial charge in [0, 0.05) is 11.1 Å². The third-order valence-electron chi connectivity index (χ3n) is 8.57. The SMILES string of the molecule is COc1ccc(CC(C)(C)C(=O)O)cc1-c1c(OC)ccc(CC(C)(C)C(=O)O)c1P(c1cc(C)cc(C)c1)c1cc(C)cc(C)c1. The van der Waals surface area contributed by atoms with Crippen molar-refractivity contribution in [3.8, 4) is 22.6 Å². The van der Waals surface area contributed by atoms with Crippen LogP contribution in [0.25, 0.3) is 11.1 Å². The number of hydrogen-bond acceptors (Lipinski definition) is 4. The molecule has 47 heavy (non-hydrogen) atoms. The molecule has 0 amide bonds. The first kappa shape index (κ1) is 35.7. The Hall–Kier alpha value is -4.15. The highest BCUT2D eigenvalue weighted by molar-refractivity contribution is 7.80. The van der Waals surface area contributed by atoms with E-state index in [2.05, 4.69) is 64.1 Å². The highest BCUT2D eigenvalue weighted by atomic mass is 31.1. The molecule has 0 atom stereocenters. The zero-order valence-corrected chi connectivity index (χ0v) is 30.1. The van der Waals surface area contributed by atoms with E-state index in [1.807, 2.05) is 30.3 Å². The fraction of sp³-hybridized carbons (Fsp3) is 0.350. The molecule has 0 saturated heterocycles. The smallest absolute Gasteiger partial charge is 0.309 e. The van der Waals surface area contributed by atoms with Crippen molar-refractivity contribution in [1.29, 1.82) is 0 Å². The van der Waals surface area contributed by atoms with E-state index < -0.39 is 30.7 Å². The second-order valence-electron chi connectivity index (χ2n) is 13.9. The molecule has 7 heteroatoms. The first-order valence-corrected chi connectivity index (χ1v) is 17.1. The number of ether oxygens (including phenoxy) is 2. The van der Waals surface area contributed by atoms with E-state index in [-0.39, 0.29) is 6.42 Å². The number of carbonyl (C=O) groups is 2. The maximum absolute atomic E-state index is 12.5. The molecule has 4 rings (SSSR count).